The number of amides is 1. The molecule has 0 spiro atoms. The standard InChI is InChI=1S/C11H14BrNO2S/c1-8(6-14)5-13-11(15)3-2-9-4-10(12)16-7-9/h2-4,7-8,14H,5-6H2,1H3,(H,13,15)/b3-2+. The van der Waals surface area contributed by atoms with Crippen LogP contribution in [0.5, 0.6) is 0 Å². The van der Waals surface area contributed by atoms with Gasteiger partial charge < -0.3 is 10.4 Å². The third kappa shape index (κ3) is 4.92. The molecule has 16 heavy (non-hydrogen) atoms. The predicted octanol–water partition coefficient (Wildman–Crippen LogP) is 2.27. The number of halogens is 1. The van der Waals surface area contributed by atoms with Gasteiger partial charge in [-0.05, 0) is 44.9 Å². The molecule has 3 nitrogen and oxygen atoms in total. The van der Waals surface area contributed by atoms with Crippen molar-refractivity contribution in [1.82, 2.24) is 5.32 Å². The van der Waals surface area contributed by atoms with Gasteiger partial charge in [0.05, 0.1) is 3.79 Å². The van der Waals surface area contributed by atoms with Crippen LogP contribution in [0.2, 0.25) is 0 Å². The first kappa shape index (κ1) is 13.4. The van der Waals surface area contributed by atoms with E-state index in [2.05, 4.69) is 21.2 Å². The molecule has 88 valence electrons. The third-order valence-electron chi connectivity index (χ3n) is 1.95. The van der Waals surface area contributed by atoms with Gasteiger partial charge >= 0.3 is 0 Å². The number of thiophene rings is 1. The number of carbonyl (C=O) groups is 1. The molecular weight excluding hydrogens is 290 g/mol. The lowest BCUT2D eigenvalue weighted by Gasteiger charge is -2.07. The molecule has 5 heteroatoms. The zero-order valence-electron chi connectivity index (χ0n) is 8.94. The summed E-state index contributed by atoms with van der Waals surface area (Å²) in [6, 6.07) is 1.95. The van der Waals surface area contributed by atoms with E-state index in [0.29, 0.717) is 6.54 Å². The smallest absolute Gasteiger partial charge is 0.244 e. The molecule has 0 aliphatic carbocycles. The first-order valence-corrected chi connectivity index (χ1v) is 6.60. The van der Waals surface area contributed by atoms with E-state index in [1.165, 1.54) is 6.08 Å². The normalized spacial score (nSPS) is 12.9. The molecule has 1 amide bonds. The van der Waals surface area contributed by atoms with Crippen LogP contribution in [0.15, 0.2) is 21.3 Å². The minimum Gasteiger partial charge on any atom is -0.396 e. The molecule has 1 atom stereocenters. The van der Waals surface area contributed by atoms with Crippen molar-refractivity contribution in [3.63, 3.8) is 0 Å². The maximum absolute atomic E-state index is 11.4. The van der Waals surface area contributed by atoms with Crippen LogP contribution in [-0.4, -0.2) is 24.2 Å². The summed E-state index contributed by atoms with van der Waals surface area (Å²) < 4.78 is 1.04. The zero-order chi connectivity index (χ0) is 12.0. The summed E-state index contributed by atoms with van der Waals surface area (Å²) in [6.07, 6.45) is 3.26. The van der Waals surface area contributed by atoms with E-state index in [0.717, 1.165) is 9.35 Å². The topological polar surface area (TPSA) is 49.3 Å². The highest BCUT2D eigenvalue weighted by atomic mass is 79.9. The van der Waals surface area contributed by atoms with E-state index < -0.39 is 0 Å². The second-order valence-corrected chi connectivity index (χ2v) is 5.84. The van der Waals surface area contributed by atoms with Gasteiger partial charge in [0, 0.05) is 19.2 Å². The maximum Gasteiger partial charge on any atom is 0.244 e. The van der Waals surface area contributed by atoms with Crippen LogP contribution < -0.4 is 5.32 Å². The molecular formula is C11H14BrNO2S. The molecule has 0 saturated carbocycles. The molecule has 0 saturated heterocycles. The lowest BCUT2D eigenvalue weighted by atomic mass is 10.2. The summed E-state index contributed by atoms with van der Waals surface area (Å²) >= 11 is 4.93. The van der Waals surface area contributed by atoms with E-state index in [4.69, 9.17) is 5.11 Å². The molecule has 0 fully saturated rings. The molecule has 0 aliphatic rings. The number of rotatable bonds is 5. The van der Waals surface area contributed by atoms with Crippen LogP contribution >= 0.6 is 27.3 Å². The van der Waals surface area contributed by atoms with Gasteiger partial charge in [-0.2, -0.15) is 0 Å². The van der Waals surface area contributed by atoms with Crippen LogP contribution in [0.25, 0.3) is 6.08 Å². The summed E-state index contributed by atoms with van der Waals surface area (Å²) in [7, 11) is 0. The lowest BCUT2D eigenvalue weighted by Crippen LogP contribution is -2.27. The van der Waals surface area contributed by atoms with Crippen LogP contribution in [0.1, 0.15) is 12.5 Å². The van der Waals surface area contributed by atoms with Crippen molar-refractivity contribution in [1.29, 1.82) is 0 Å². The van der Waals surface area contributed by atoms with Gasteiger partial charge in [-0.3, -0.25) is 4.79 Å². The summed E-state index contributed by atoms with van der Waals surface area (Å²) in [5.41, 5.74) is 1.00. The van der Waals surface area contributed by atoms with E-state index in [-0.39, 0.29) is 18.4 Å². The Kier molecular flexibility index (Phi) is 5.73. The minimum absolute atomic E-state index is 0.0848. The van der Waals surface area contributed by atoms with Crippen LogP contribution in [0.4, 0.5) is 0 Å². The Balaban J connectivity index is 2.36. The van der Waals surface area contributed by atoms with Gasteiger partial charge in [0.25, 0.3) is 0 Å². The first-order valence-electron chi connectivity index (χ1n) is 4.92. The molecule has 1 rings (SSSR count). The van der Waals surface area contributed by atoms with Crippen LogP contribution in [-0.2, 0) is 4.79 Å². The van der Waals surface area contributed by atoms with E-state index >= 15 is 0 Å². The van der Waals surface area contributed by atoms with E-state index in [9.17, 15) is 4.79 Å². The second kappa shape index (κ2) is 6.83. The Morgan fingerprint density at radius 3 is 3.06 bits per heavy atom. The van der Waals surface area contributed by atoms with Gasteiger partial charge in [-0.1, -0.05) is 6.92 Å². The summed E-state index contributed by atoms with van der Waals surface area (Å²) in [6.45, 7) is 2.45. The van der Waals surface area contributed by atoms with Crippen molar-refractivity contribution < 1.29 is 9.90 Å². The molecule has 1 unspecified atom stereocenters. The fourth-order valence-electron chi connectivity index (χ4n) is 0.981. The second-order valence-electron chi connectivity index (χ2n) is 3.55. The average Bonchev–Trinajstić information content (AvgIpc) is 2.69. The Hall–Kier alpha value is -0.650. The Labute approximate surface area is 107 Å². The largest absolute Gasteiger partial charge is 0.396 e. The molecule has 1 aromatic rings. The monoisotopic (exact) mass is 303 g/mol. The molecule has 0 aromatic carbocycles. The number of carbonyl (C=O) groups excluding carboxylic acids is 1. The highest BCUT2D eigenvalue weighted by Gasteiger charge is 2.01. The maximum atomic E-state index is 11.4. The Bertz CT molecular complexity index is 376. The van der Waals surface area contributed by atoms with Crippen molar-refractivity contribution in [2.45, 2.75) is 6.92 Å². The first-order chi connectivity index (χ1) is 7.61. The Morgan fingerprint density at radius 2 is 2.50 bits per heavy atom. The minimum atomic E-state index is -0.136. The van der Waals surface area contributed by atoms with Crippen molar-refractivity contribution >= 4 is 39.2 Å². The lowest BCUT2D eigenvalue weighted by molar-refractivity contribution is -0.116. The predicted molar refractivity (Wildman–Crippen MR) is 70.3 cm³/mol. The van der Waals surface area contributed by atoms with Crippen LogP contribution in [0.3, 0.4) is 0 Å². The number of hydrogen-bond donors (Lipinski definition) is 2. The van der Waals surface area contributed by atoms with Gasteiger partial charge in [-0.25, -0.2) is 0 Å². The molecule has 0 radical (unpaired) electrons. The van der Waals surface area contributed by atoms with Crippen molar-refractivity contribution in [2.24, 2.45) is 5.92 Å². The molecule has 1 heterocycles. The SMILES string of the molecule is CC(CO)CNC(=O)/C=C/c1csc(Br)c1. The van der Waals surface area contributed by atoms with Gasteiger partial charge in [0.2, 0.25) is 5.91 Å². The fourth-order valence-corrected chi connectivity index (χ4v) is 2.13. The summed E-state index contributed by atoms with van der Waals surface area (Å²) in [5.74, 6) is -0.0461. The van der Waals surface area contributed by atoms with E-state index in [1.54, 1.807) is 17.4 Å². The molecule has 2 N–H and O–H groups in total. The van der Waals surface area contributed by atoms with E-state index in [1.807, 2.05) is 18.4 Å². The zero-order valence-corrected chi connectivity index (χ0v) is 11.3. The molecule has 1 aromatic heterocycles. The summed E-state index contributed by atoms with van der Waals surface area (Å²) in [4.78, 5) is 11.4. The quantitative estimate of drug-likeness (QED) is 0.820. The summed E-state index contributed by atoms with van der Waals surface area (Å²) in [5, 5.41) is 13.5. The van der Waals surface area contributed by atoms with Crippen molar-refractivity contribution in [3.8, 4) is 0 Å². The third-order valence-corrected chi connectivity index (χ3v) is 3.47. The highest BCUT2D eigenvalue weighted by Crippen LogP contribution is 2.21. The fraction of sp³-hybridized carbons (Fsp3) is 0.364. The van der Waals surface area contributed by atoms with Crippen LogP contribution in [0, 0.1) is 5.92 Å². The van der Waals surface area contributed by atoms with Crippen molar-refractivity contribution in [3.05, 3.63) is 26.9 Å². The number of aliphatic hydroxyl groups is 1. The van der Waals surface area contributed by atoms with Gasteiger partial charge in [0.15, 0.2) is 0 Å². The molecule has 0 aliphatic heterocycles. The molecule has 0 bridgehead atoms. The number of nitrogens with one attached hydrogen (secondary N) is 1. The van der Waals surface area contributed by atoms with Gasteiger partial charge in [0.1, 0.15) is 0 Å². The Morgan fingerprint density at radius 1 is 1.75 bits per heavy atom. The average molecular weight is 304 g/mol. The van der Waals surface area contributed by atoms with Crippen molar-refractivity contribution in [2.75, 3.05) is 13.2 Å². The van der Waals surface area contributed by atoms with Gasteiger partial charge in [-0.15, -0.1) is 11.3 Å². The highest BCUT2D eigenvalue weighted by molar-refractivity contribution is 9.11. The number of hydrogen-bond acceptors (Lipinski definition) is 3. The number of aliphatic hydroxyl groups excluding tert-OH is 1.